The molecule has 2 aromatic heterocycles. The van der Waals surface area contributed by atoms with Crippen molar-refractivity contribution < 1.29 is 13.6 Å². The maximum atomic E-state index is 12.8. The molecule has 3 rings (SSSR count). The number of aromatic nitrogens is 2. The standard InChI is InChI=1S/C14H9BrFN3O2S/c15-11-6-5-10(22-11)13-18-19-14(21-13)17-12(20)7-8-1-3-9(16)4-2-8/h1-6H,7H2,(H,17,19,20). The Hall–Kier alpha value is -2.06. The van der Waals surface area contributed by atoms with Crippen molar-refractivity contribution in [3.8, 4) is 10.8 Å². The summed E-state index contributed by atoms with van der Waals surface area (Å²) >= 11 is 4.80. The van der Waals surface area contributed by atoms with Crippen LogP contribution in [0.25, 0.3) is 10.8 Å². The van der Waals surface area contributed by atoms with Gasteiger partial charge in [-0.1, -0.05) is 17.2 Å². The number of nitrogens with zero attached hydrogens (tertiary/aromatic N) is 2. The number of amides is 1. The third-order valence-electron chi connectivity index (χ3n) is 2.73. The van der Waals surface area contributed by atoms with Crippen molar-refractivity contribution in [3.05, 3.63) is 51.6 Å². The van der Waals surface area contributed by atoms with E-state index in [0.717, 1.165) is 8.66 Å². The van der Waals surface area contributed by atoms with Crippen molar-refractivity contribution in [2.45, 2.75) is 6.42 Å². The lowest BCUT2D eigenvalue weighted by Crippen LogP contribution is -2.14. The average molecular weight is 382 g/mol. The number of halogens is 2. The van der Waals surface area contributed by atoms with Gasteiger partial charge < -0.3 is 4.42 Å². The minimum atomic E-state index is -0.340. The number of hydrogen-bond acceptors (Lipinski definition) is 5. The Bertz CT molecular complexity index is 801. The predicted octanol–water partition coefficient (Wildman–Crippen LogP) is 3.88. The molecule has 0 radical (unpaired) electrons. The van der Waals surface area contributed by atoms with Crippen molar-refractivity contribution in [2.24, 2.45) is 0 Å². The second-order valence-corrected chi connectivity index (χ2v) is 6.83. The van der Waals surface area contributed by atoms with Gasteiger partial charge >= 0.3 is 6.01 Å². The van der Waals surface area contributed by atoms with E-state index < -0.39 is 0 Å². The second kappa shape index (κ2) is 6.37. The van der Waals surface area contributed by atoms with Crippen molar-refractivity contribution in [3.63, 3.8) is 0 Å². The first-order valence-corrected chi connectivity index (χ1v) is 7.84. The van der Waals surface area contributed by atoms with Gasteiger partial charge in [0, 0.05) is 0 Å². The van der Waals surface area contributed by atoms with Gasteiger partial charge in [-0.2, -0.15) is 0 Å². The molecule has 0 bridgehead atoms. The minimum absolute atomic E-state index is 0.0339. The van der Waals surface area contributed by atoms with Crippen LogP contribution in [0.5, 0.6) is 0 Å². The average Bonchev–Trinajstić information content (AvgIpc) is 3.10. The molecule has 0 spiro atoms. The van der Waals surface area contributed by atoms with Crippen LogP contribution in [0, 0.1) is 5.82 Å². The van der Waals surface area contributed by atoms with Crippen LogP contribution in [0.2, 0.25) is 0 Å². The topological polar surface area (TPSA) is 68.0 Å². The quantitative estimate of drug-likeness (QED) is 0.744. The Morgan fingerprint density at radius 2 is 2.00 bits per heavy atom. The maximum absolute atomic E-state index is 12.8. The first-order valence-electron chi connectivity index (χ1n) is 6.23. The number of rotatable bonds is 4. The van der Waals surface area contributed by atoms with E-state index in [1.807, 2.05) is 12.1 Å². The molecule has 3 aromatic rings. The van der Waals surface area contributed by atoms with E-state index in [2.05, 4.69) is 31.4 Å². The molecule has 112 valence electrons. The molecule has 0 aliphatic rings. The summed E-state index contributed by atoms with van der Waals surface area (Å²) in [5, 5.41) is 10.2. The molecule has 0 unspecified atom stereocenters. The molecule has 0 atom stereocenters. The Morgan fingerprint density at radius 3 is 2.68 bits per heavy atom. The molecule has 0 fully saturated rings. The van der Waals surface area contributed by atoms with Crippen LogP contribution in [0.1, 0.15) is 5.56 Å². The SMILES string of the molecule is O=C(Cc1ccc(F)cc1)Nc1nnc(-c2ccc(Br)s2)o1. The molecule has 22 heavy (non-hydrogen) atoms. The van der Waals surface area contributed by atoms with Crippen molar-refractivity contribution in [1.82, 2.24) is 10.2 Å². The smallest absolute Gasteiger partial charge is 0.322 e. The van der Waals surface area contributed by atoms with Gasteiger partial charge in [0.1, 0.15) is 5.82 Å². The summed E-state index contributed by atoms with van der Waals surface area (Å²) in [4.78, 5) is 12.7. The van der Waals surface area contributed by atoms with Crippen LogP contribution in [0.3, 0.4) is 0 Å². The molecule has 0 aliphatic heterocycles. The highest BCUT2D eigenvalue weighted by atomic mass is 79.9. The van der Waals surface area contributed by atoms with Crippen LogP contribution in [0.4, 0.5) is 10.4 Å². The van der Waals surface area contributed by atoms with Gasteiger partial charge in [-0.05, 0) is 45.8 Å². The van der Waals surface area contributed by atoms with Crippen LogP contribution >= 0.6 is 27.3 Å². The molecule has 2 heterocycles. The summed E-state index contributed by atoms with van der Waals surface area (Å²) in [6, 6.07) is 9.47. The molecular weight excluding hydrogens is 373 g/mol. The van der Waals surface area contributed by atoms with E-state index in [9.17, 15) is 9.18 Å². The van der Waals surface area contributed by atoms with Crippen molar-refractivity contribution in [1.29, 1.82) is 0 Å². The largest absolute Gasteiger partial charge is 0.402 e. The molecule has 1 N–H and O–H groups in total. The highest BCUT2D eigenvalue weighted by Crippen LogP contribution is 2.30. The molecular formula is C14H9BrFN3O2S. The predicted molar refractivity (Wildman–Crippen MR) is 84.0 cm³/mol. The van der Waals surface area contributed by atoms with E-state index >= 15 is 0 Å². The number of hydrogen-bond donors (Lipinski definition) is 1. The Morgan fingerprint density at radius 1 is 1.23 bits per heavy atom. The highest BCUT2D eigenvalue weighted by molar-refractivity contribution is 9.11. The molecule has 0 saturated carbocycles. The van der Waals surface area contributed by atoms with Gasteiger partial charge in [0.2, 0.25) is 5.91 Å². The zero-order chi connectivity index (χ0) is 15.5. The van der Waals surface area contributed by atoms with Crippen LogP contribution < -0.4 is 5.32 Å². The fourth-order valence-electron chi connectivity index (χ4n) is 1.75. The number of nitrogens with one attached hydrogen (secondary N) is 1. The zero-order valence-corrected chi connectivity index (χ0v) is 13.4. The lowest BCUT2D eigenvalue weighted by molar-refractivity contribution is -0.115. The van der Waals surface area contributed by atoms with E-state index in [4.69, 9.17) is 4.42 Å². The van der Waals surface area contributed by atoms with Crippen molar-refractivity contribution >= 4 is 39.2 Å². The Kier molecular flexibility index (Phi) is 4.30. The molecule has 0 aliphatic carbocycles. The third-order valence-corrected chi connectivity index (χ3v) is 4.34. The molecule has 1 amide bonds. The van der Waals surface area contributed by atoms with Gasteiger partial charge in [-0.3, -0.25) is 10.1 Å². The van der Waals surface area contributed by atoms with Gasteiger partial charge in [-0.25, -0.2) is 4.39 Å². The van der Waals surface area contributed by atoms with E-state index in [-0.39, 0.29) is 24.2 Å². The summed E-state index contributed by atoms with van der Waals surface area (Å²) in [6.45, 7) is 0. The summed E-state index contributed by atoms with van der Waals surface area (Å²) < 4.78 is 19.1. The molecule has 5 nitrogen and oxygen atoms in total. The molecule has 0 saturated heterocycles. The Labute approximate surface area is 137 Å². The second-order valence-electron chi connectivity index (χ2n) is 4.37. The van der Waals surface area contributed by atoms with E-state index in [1.54, 1.807) is 12.1 Å². The monoisotopic (exact) mass is 381 g/mol. The number of benzene rings is 1. The van der Waals surface area contributed by atoms with Gasteiger partial charge in [0.15, 0.2) is 0 Å². The lowest BCUT2D eigenvalue weighted by atomic mass is 10.1. The Balaban J connectivity index is 1.64. The third kappa shape index (κ3) is 3.58. The first kappa shape index (κ1) is 14.9. The fraction of sp³-hybridized carbons (Fsp3) is 0.0714. The molecule has 1 aromatic carbocycles. The van der Waals surface area contributed by atoms with Gasteiger partial charge in [0.05, 0.1) is 15.1 Å². The number of thiophene rings is 1. The summed E-state index contributed by atoms with van der Waals surface area (Å²) in [5.74, 6) is -0.310. The van der Waals surface area contributed by atoms with Crippen LogP contribution in [0.15, 0.2) is 44.6 Å². The normalized spacial score (nSPS) is 10.6. The summed E-state index contributed by atoms with van der Waals surface area (Å²) in [5.41, 5.74) is 0.695. The van der Waals surface area contributed by atoms with Crippen LogP contribution in [-0.4, -0.2) is 16.1 Å². The summed E-state index contributed by atoms with van der Waals surface area (Å²) in [6.07, 6.45) is 0.0997. The van der Waals surface area contributed by atoms with Crippen molar-refractivity contribution in [2.75, 3.05) is 5.32 Å². The highest BCUT2D eigenvalue weighted by Gasteiger charge is 2.13. The minimum Gasteiger partial charge on any atom is -0.402 e. The fourth-order valence-corrected chi connectivity index (χ4v) is 3.06. The van der Waals surface area contributed by atoms with Crippen LogP contribution in [-0.2, 0) is 11.2 Å². The number of carbonyl (C=O) groups is 1. The van der Waals surface area contributed by atoms with E-state index in [1.165, 1.54) is 23.5 Å². The van der Waals surface area contributed by atoms with E-state index in [0.29, 0.717) is 11.5 Å². The summed E-state index contributed by atoms with van der Waals surface area (Å²) in [7, 11) is 0. The van der Waals surface area contributed by atoms with Gasteiger partial charge in [-0.15, -0.1) is 16.4 Å². The maximum Gasteiger partial charge on any atom is 0.322 e. The van der Waals surface area contributed by atoms with Gasteiger partial charge in [0.25, 0.3) is 5.89 Å². The molecule has 8 heteroatoms. The lowest BCUT2D eigenvalue weighted by Gasteiger charge is -2.00. The number of carbonyl (C=O) groups excluding carboxylic acids is 1. The first-order chi connectivity index (χ1) is 10.6. The number of anilines is 1. The zero-order valence-electron chi connectivity index (χ0n) is 11.0.